The minimum atomic E-state index is 0.186. The van der Waals surface area contributed by atoms with Gasteiger partial charge in [-0.1, -0.05) is 11.3 Å². The van der Waals surface area contributed by atoms with Gasteiger partial charge in [-0.25, -0.2) is 9.50 Å². The van der Waals surface area contributed by atoms with E-state index in [2.05, 4.69) is 26.0 Å². The highest BCUT2D eigenvalue weighted by Gasteiger charge is 2.08. The summed E-state index contributed by atoms with van der Waals surface area (Å²) in [5, 5.41) is 4.28. The van der Waals surface area contributed by atoms with Gasteiger partial charge in [0.25, 0.3) is 0 Å². The van der Waals surface area contributed by atoms with Gasteiger partial charge in [-0.3, -0.25) is 0 Å². The number of aromatic nitrogens is 3. The van der Waals surface area contributed by atoms with Crippen LogP contribution >= 0.6 is 27.3 Å². The van der Waals surface area contributed by atoms with E-state index in [-0.39, 0.29) is 6.10 Å². The number of rotatable bonds is 3. The molecule has 0 fully saturated rings. The number of benzene rings is 1. The summed E-state index contributed by atoms with van der Waals surface area (Å²) < 4.78 is 8.24. The van der Waals surface area contributed by atoms with E-state index in [4.69, 9.17) is 4.74 Å². The fourth-order valence-corrected chi connectivity index (χ4v) is 3.01. The Morgan fingerprint density at radius 2 is 2.00 bits per heavy atom. The largest absolute Gasteiger partial charge is 0.491 e. The zero-order valence-electron chi connectivity index (χ0n) is 10.5. The van der Waals surface area contributed by atoms with Crippen molar-refractivity contribution in [3.05, 3.63) is 34.4 Å². The van der Waals surface area contributed by atoms with E-state index in [1.165, 1.54) is 11.3 Å². The first-order valence-corrected chi connectivity index (χ1v) is 7.51. The Kier molecular flexibility index (Phi) is 3.28. The van der Waals surface area contributed by atoms with E-state index in [0.717, 1.165) is 25.9 Å². The Balaban J connectivity index is 1.90. The van der Waals surface area contributed by atoms with Crippen LogP contribution in [0.1, 0.15) is 13.8 Å². The highest BCUT2D eigenvalue weighted by molar-refractivity contribution is 9.11. The van der Waals surface area contributed by atoms with Gasteiger partial charge in [0.1, 0.15) is 5.75 Å². The van der Waals surface area contributed by atoms with E-state index in [0.29, 0.717) is 0 Å². The van der Waals surface area contributed by atoms with Gasteiger partial charge in [0.2, 0.25) is 4.96 Å². The van der Waals surface area contributed by atoms with Crippen molar-refractivity contribution in [2.24, 2.45) is 0 Å². The lowest BCUT2D eigenvalue weighted by Crippen LogP contribution is -2.05. The Labute approximate surface area is 123 Å². The lowest BCUT2D eigenvalue weighted by Gasteiger charge is -2.09. The van der Waals surface area contributed by atoms with E-state index in [1.807, 2.05) is 44.3 Å². The smallest absolute Gasteiger partial charge is 0.213 e. The quantitative estimate of drug-likeness (QED) is 0.724. The lowest BCUT2D eigenvalue weighted by molar-refractivity contribution is 0.242. The zero-order chi connectivity index (χ0) is 13.4. The second-order valence-electron chi connectivity index (χ2n) is 4.40. The van der Waals surface area contributed by atoms with Crippen LogP contribution < -0.4 is 4.74 Å². The fraction of sp³-hybridized carbons (Fsp3) is 0.231. The molecule has 2 heterocycles. The van der Waals surface area contributed by atoms with Gasteiger partial charge < -0.3 is 4.74 Å². The van der Waals surface area contributed by atoms with E-state index < -0.39 is 0 Å². The summed E-state index contributed by atoms with van der Waals surface area (Å²) in [5.74, 6) is 0.876. The first-order chi connectivity index (χ1) is 9.11. The molecule has 0 radical (unpaired) electrons. The van der Waals surface area contributed by atoms with Gasteiger partial charge in [-0.15, -0.1) is 5.10 Å². The van der Waals surface area contributed by atoms with Crippen molar-refractivity contribution in [1.82, 2.24) is 14.6 Å². The predicted octanol–water partition coefficient (Wildman–Crippen LogP) is 4.01. The molecule has 0 amide bonds. The molecule has 0 saturated heterocycles. The van der Waals surface area contributed by atoms with Crippen molar-refractivity contribution < 1.29 is 4.74 Å². The normalized spacial score (nSPS) is 11.4. The van der Waals surface area contributed by atoms with E-state index >= 15 is 0 Å². The first-order valence-electron chi connectivity index (χ1n) is 5.90. The summed E-state index contributed by atoms with van der Waals surface area (Å²) in [7, 11) is 0. The van der Waals surface area contributed by atoms with Gasteiger partial charge in [0.15, 0.2) is 3.92 Å². The summed E-state index contributed by atoms with van der Waals surface area (Å²) in [5.41, 5.74) is 1.98. The number of halogens is 1. The number of nitrogens with zero attached hydrogens (tertiary/aromatic N) is 3. The highest BCUT2D eigenvalue weighted by Crippen LogP contribution is 2.26. The molecule has 2 aromatic heterocycles. The molecule has 6 heteroatoms. The van der Waals surface area contributed by atoms with Crippen LogP contribution in [0.25, 0.3) is 16.2 Å². The second-order valence-corrected chi connectivity index (χ2v) is 6.63. The van der Waals surface area contributed by atoms with Crippen LogP contribution in [0.15, 0.2) is 34.4 Å². The van der Waals surface area contributed by atoms with Gasteiger partial charge >= 0.3 is 0 Å². The van der Waals surface area contributed by atoms with Crippen molar-refractivity contribution in [3.63, 3.8) is 0 Å². The van der Waals surface area contributed by atoms with Crippen LogP contribution in [0.5, 0.6) is 5.75 Å². The van der Waals surface area contributed by atoms with Crippen molar-refractivity contribution in [3.8, 4) is 17.0 Å². The Morgan fingerprint density at radius 3 is 2.63 bits per heavy atom. The minimum Gasteiger partial charge on any atom is -0.491 e. The molecule has 0 N–H and O–H groups in total. The third-order valence-corrected chi connectivity index (χ3v) is 3.90. The molecular formula is C13H12BrN3OS. The standard InChI is InChI=1S/C13H12BrN3OS/c1-8(2)18-10-5-3-9(4-6-10)11-7-17-13(15-11)19-12(14)16-17/h3-8H,1-2H3. The average molecular weight is 338 g/mol. The maximum absolute atomic E-state index is 5.62. The third-order valence-electron chi connectivity index (χ3n) is 2.54. The summed E-state index contributed by atoms with van der Waals surface area (Å²) in [6, 6.07) is 7.95. The maximum atomic E-state index is 5.62. The van der Waals surface area contributed by atoms with Gasteiger partial charge in [-0.05, 0) is 54.0 Å². The molecule has 3 rings (SSSR count). The molecular weight excluding hydrogens is 326 g/mol. The predicted molar refractivity (Wildman–Crippen MR) is 79.8 cm³/mol. The average Bonchev–Trinajstić information content (AvgIpc) is 2.86. The van der Waals surface area contributed by atoms with Crippen molar-refractivity contribution >= 4 is 32.2 Å². The molecule has 0 aliphatic carbocycles. The van der Waals surface area contributed by atoms with Crippen LogP contribution in [0, 0.1) is 0 Å². The monoisotopic (exact) mass is 337 g/mol. The topological polar surface area (TPSA) is 39.4 Å². The summed E-state index contributed by atoms with van der Waals surface area (Å²) in [6.45, 7) is 4.03. The Bertz CT molecular complexity index is 671. The van der Waals surface area contributed by atoms with Crippen molar-refractivity contribution in [2.45, 2.75) is 20.0 Å². The molecule has 0 atom stereocenters. The fourth-order valence-electron chi connectivity index (χ4n) is 1.79. The number of imidazole rings is 1. The minimum absolute atomic E-state index is 0.186. The van der Waals surface area contributed by atoms with Crippen molar-refractivity contribution in [2.75, 3.05) is 0 Å². The molecule has 0 spiro atoms. The van der Waals surface area contributed by atoms with Gasteiger partial charge in [0.05, 0.1) is 18.0 Å². The van der Waals surface area contributed by atoms with E-state index in [9.17, 15) is 0 Å². The summed E-state index contributed by atoms with van der Waals surface area (Å²) in [6.07, 6.45) is 2.11. The molecule has 1 aromatic carbocycles. The van der Waals surface area contributed by atoms with Crippen molar-refractivity contribution in [1.29, 1.82) is 0 Å². The molecule has 0 bridgehead atoms. The molecule has 19 heavy (non-hydrogen) atoms. The van der Waals surface area contributed by atoms with Crippen LogP contribution in [0.3, 0.4) is 0 Å². The highest BCUT2D eigenvalue weighted by atomic mass is 79.9. The summed E-state index contributed by atoms with van der Waals surface area (Å²) in [4.78, 5) is 5.42. The molecule has 0 aliphatic rings. The molecule has 4 nitrogen and oxygen atoms in total. The number of hydrogen-bond donors (Lipinski definition) is 0. The summed E-state index contributed by atoms with van der Waals surface area (Å²) >= 11 is 4.86. The SMILES string of the molecule is CC(C)Oc1ccc(-c2cn3nc(Br)sc3n2)cc1. The molecule has 3 aromatic rings. The number of hydrogen-bond acceptors (Lipinski definition) is 4. The van der Waals surface area contributed by atoms with Gasteiger partial charge in [0, 0.05) is 5.56 Å². The molecule has 0 unspecified atom stereocenters. The van der Waals surface area contributed by atoms with E-state index in [1.54, 1.807) is 4.52 Å². The maximum Gasteiger partial charge on any atom is 0.213 e. The first kappa shape index (κ1) is 12.6. The van der Waals surface area contributed by atoms with Crippen LogP contribution in [-0.2, 0) is 0 Å². The van der Waals surface area contributed by atoms with Crippen LogP contribution in [0.4, 0.5) is 0 Å². The number of fused-ring (bicyclic) bond motifs is 1. The second kappa shape index (κ2) is 4.94. The third kappa shape index (κ3) is 2.64. The zero-order valence-corrected chi connectivity index (χ0v) is 12.9. The number of ether oxygens (including phenoxy) is 1. The molecule has 0 saturated carbocycles. The van der Waals surface area contributed by atoms with Crippen LogP contribution in [0.2, 0.25) is 0 Å². The van der Waals surface area contributed by atoms with Gasteiger partial charge in [-0.2, -0.15) is 0 Å². The lowest BCUT2D eigenvalue weighted by atomic mass is 10.1. The Hall–Kier alpha value is -1.40. The molecule has 0 aliphatic heterocycles. The Morgan fingerprint density at radius 1 is 1.26 bits per heavy atom. The molecule has 98 valence electrons. The van der Waals surface area contributed by atoms with Crippen LogP contribution in [-0.4, -0.2) is 20.7 Å².